The monoisotopic (exact) mass is 848 g/mol. The number of hydrogen-bond donors (Lipinski definition) is 13. The van der Waals surface area contributed by atoms with Crippen molar-refractivity contribution in [1.29, 1.82) is 0 Å². The molecule has 0 aromatic heterocycles. The maximum atomic E-state index is 14.2. The van der Waals surface area contributed by atoms with Gasteiger partial charge in [-0.15, -0.1) is 0 Å². The first-order chi connectivity index (χ1) is 28.4. The number of Topliss-reactive ketones (excluding diaryl/α,β-unsaturated/α-hetero) is 1. The molecule has 4 heterocycles. The first kappa shape index (κ1) is 42.4. The first-order valence-corrected chi connectivity index (χ1v) is 18.8. The van der Waals surface area contributed by atoms with Crippen molar-refractivity contribution < 1.29 is 104 Å². The largest absolute Gasteiger partial charge is 0.507 e. The zero-order valence-electron chi connectivity index (χ0n) is 31.7. The molecule has 0 bridgehead atoms. The predicted octanol–water partition coefficient (Wildman–Crippen LogP) is -3.41. The molecule has 1 unspecified atom stereocenters. The van der Waals surface area contributed by atoms with Crippen molar-refractivity contribution in [1.82, 2.24) is 0 Å². The van der Waals surface area contributed by atoms with Crippen LogP contribution in [0.2, 0.25) is 0 Å². The topological polar surface area (TPSA) is 345 Å². The van der Waals surface area contributed by atoms with E-state index in [9.17, 15) is 71.2 Å². The molecule has 0 spiro atoms. The number of aryl methyl sites for hydroxylation is 1. The van der Waals surface area contributed by atoms with Crippen molar-refractivity contribution in [3.63, 3.8) is 0 Å². The predicted molar refractivity (Wildman–Crippen MR) is 195 cm³/mol. The van der Waals surface area contributed by atoms with E-state index in [4.69, 9.17) is 33.2 Å². The molecule has 4 aliphatic heterocycles. The van der Waals surface area contributed by atoms with E-state index in [-0.39, 0.29) is 51.3 Å². The van der Waals surface area contributed by atoms with E-state index in [0.717, 1.165) is 12.1 Å². The Morgan fingerprint density at radius 2 is 1.30 bits per heavy atom. The molecule has 3 saturated heterocycles. The Morgan fingerprint density at radius 3 is 1.97 bits per heavy atom. The molecule has 21 heteroatoms. The molecule has 60 heavy (non-hydrogen) atoms. The molecule has 15 atom stereocenters. The van der Waals surface area contributed by atoms with Gasteiger partial charge in [0, 0.05) is 16.5 Å². The fourth-order valence-electron chi connectivity index (χ4n) is 8.34. The zero-order valence-corrected chi connectivity index (χ0v) is 31.7. The lowest BCUT2D eigenvalue weighted by Gasteiger charge is -2.44. The van der Waals surface area contributed by atoms with E-state index in [1.54, 1.807) is 6.92 Å². The van der Waals surface area contributed by atoms with Gasteiger partial charge in [0.1, 0.15) is 95.9 Å². The highest BCUT2D eigenvalue weighted by atomic mass is 16.7. The molecule has 21 nitrogen and oxygen atoms in total. The van der Waals surface area contributed by atoms with Crippen molar-refractivity contribution in [2.45, 2.75) is 106 Å². The van der Waals surface area contributed by atoms with E-state index in [1.165, 1.54) is 25.1 Å². The number of ether oxygens (including phenoxy) is 7. The van der Waals surface area contributed by atoms with E-state index in [1.807, 2.05) is 0 Å². The fourth-order valence-corrected chi connectivity index (χ4v) is 8.34. The van der Waals surface area contributed by atoms with Crippen LogP contribution in [0, 0.1) is 6.92 Å². The van der Waals surface area contributed by atoms with Crippen molar-refractivity contribution in [2.24, 2.45) is 0 Å². The number of aliphatic hydroxyl groups excluding tert-OH is 10. The minimum atomic E-state index is -2.65. The number of rotatable bonds is 8. The van der Waals surface area contributed by atoms with Crippen LogP contribution in [-0.4, -0.2) is 178 Å². The second-order valence-corrected chi connectivity index (χ2v) is 15.3. The standard InChI is InChI=1S/C39H44O21/c1-11-7-14(42)22-16(56-37-35(52)32(49)30(47)20(59-37)10-55-36-33(50)28(45)15(43)9-54-36)5-6-17-24(22)21(11)25-12(2)27(44)23-13(41)3-4-18(26(23)39(25,53)60-17)57-38-34(51)31(48)29(46)19(8-40)58-38/h3-7,15,19-20,28-38,40-43,45-53H,8-10H2,1-2H3/t15-,19-,20-,28+,29-,30-,31+,32+,33-,34-,35-,36+,37-,38-,39?/m1/s1. The lowest BCUT2D eigenvalue weighted by atomic mass is 9.74. The van der Waals surface area contributed by atoms with E-state index < -0.39 is 133 Å². The molecule has 326 valence electrons. The number of fused-ring (bicyclic) bond motifs is 4. The Morgan fingerprint density at radius 1 is 0.700 bits per heavy atom. The number of phenolic OH excluding ortho intramolecular Hbond substituents is 2. The average molecular weight is 849 g/mol. The number of allylic oxidation sites excluding steroid dienone is 1. The van der Waals surface area contributed by atoms with Crippen LogP contribution in [0.4, 0.5) is 0 Å². The second kappa shape index (κ2) is 15.6. The number of carbonyl (C=O) groups excluding carboxylic acids is 1. The molecule has 3 fully saturated rings. The highest BCUT2D eigenvalue weighted by Gasteiger charge is 2.54. The molecule has 13 N–H and O–H groups in total. The van der Waals surface area contributed by atoms with E-state index in [2.05, 4.69) is 0 Å². The maximum absolute atomic E-state index is 14.2. The van der Waals surface area contributed by atoms with Crippen LogP contribution in [0.3, 0.4) is 0 Å². The summed E-state index contributed by atoms with van der Waals surface area (Å²) in [5, 5.41) is 139. The van der Waals surface area contributed by atoms with Gasteiger partial charge in [-0.05, 0) is 55.3 Å². The Kier molecular flexibility index (Phi) is 11.0. The number of hydrogen-bond acceptors (Lipinski definition) is 21. The summed E-state index contributed by atoms with van der Waals surface area (Å²) in [6, 6.07) is 6.10. The van der Waals surface area contributed by atoms with Crippen LogP contribution in [-0.2, 0) is 24.7 Å². The zero-order chi connectivity index (χ0) is 43.3. The van der Waals surface area contributed by atoms with Gasteiger partial charge in [-0.2, -0.15) is 0 Å². The van der Waals surface area contributed by atoms with Crippen LogP contribution in [0.15, 0.2) is 35.9 Å². The quantitative estimate of drug-likeness (QED) is 0.105. The summed E-state index contributed by atoms with van der Waals surface area (Å²) in [6.45, 7) is 1.20. The van der Waals surface area contributed by atoms with Gasteiger partial charge in [-0.25, -0.2) is 0 Å². The molecule has 0 radical (unpaired) electrons. The van der Waals surface area contributed by atoms with Crippen LogP contribution >= 0.6 is 0 Å². The van der Waals surface area contributed by atoms with Crippen molar-refractivity contribution >= 4 is 22.1 Å². The molecule has 0 saturated carbocycles. The number of aromatic hydroxyl groups is 2. The number of ketones is 1. The smallest absolute Gasteiger partial charge is 0.267 e. The third-order valence-electron chi connectivity index (χ3n) is 11.5. The minimum absolute atomic E-state index is 0.0853. The molecule has 3 aromatic carbocycles. The second-order valence-electron chi connectivity index (χ2n) is 15.3. The summed E-state index contributed by atoms with van der Waals surface area (Å²) in [6.07, 6.45) is -23.5. The summed E-state index contributed by atoms with van der Waals surface area (Å²) in [7, 11) is 0. The minimum Gasteiger partial charge on any atom is -0.507 e. The van der Waals surface area contributed by atoms with Gasteiger partial charge in [0.05, 0.1) is 36.3 Å². The molecule has 1 aliphatic carbocycles. The first-order valence-electron chi connectivity index (χ1n) is 18.8. The normalized spacial score (nSPS) is 37.6. The average Bonchev–Trinajstić information content (AvgIpc) is 3.21. The van der Waals surface area contributed by atoms with Gasteiger partial charge in [0.25, 0.3) is 5.79 Å². The van der Waals surface area contributed by atoms with Crippen LogP contribution in [0.1, 0.15) is 34.0 Å². The van der Waals surface area contributed by atoms with Crippen LogP contribution in [0.5, 0.6) is 28.7 Å². The van der Waals surface area contributed by atoms with Crippen molar-refractivity contribution in [3.05, 3.63) is 58.2 Å². The van der Waals surface area contributed by atoms with Gasteiger partial charge >= 0.3 is 0 Å². The summed E-state index contributed by atoms with van der Waals surface area (Å²) >= 11 is 0. The summed E-state index contributed by atoms with van der Waals surface area (Å²) < 4.78 is 40.3. The Bertz CT molecular complexity index is 2210. The summed E-state index contributed by atoms with van der Waals surface area (Å²) in [5.74, 6) is -5.10. The summed E-state index contributed by atoms with van der Waals surface area (Å²) in [5.41, 5.74) is -0.702. The van der Waals surface area contributed by atoms with E-state index >= 15 is 0 Å². The SMILES string of the molecule is CC1=C2c3c(C)cc(O)c4c(O[C@@H]5O[C@H](CO[C@@H]6OC[C@@H](O)[C@H](O)[C@H]6O)[C@@H](O)[C@H](O)[C@H]5O)ccc(c34)OC2(O)c2c(O[C@@H]3O[C@H](CO)[C@@H](O)[C@H](O)[C@H]3O)ccc(O)c2C1=O. The highest BCUT2D eigenvalue weighted by molar-refractivity contribution is 6.21. The van der Waals surface area contributed by atoms with Crippen molar-refractivity contribution in [3.8, 4) is 28.7 Å². The third-order valence-corrected chi connectivity index (χ3v) is 11.5. The lowest BCUT2D eigenvalue weighted by molar-refractivity contribution is -0.307. The van der Waals surface area contributed by atoms with Crippen LogP contribution in [0.25, 0.3) is 16.3 Å². The lowest BCUT2D eigenvalue weighted by Crippen LogP contribution is -2.61. The number of carbonyl (C=O) groups is 1. The highest BCUT2D eigenvalue weighted by Crippen LogP contribution is 2.59. The Balaban J connectivity index is 1.16. The van der Waals surface area contributed by atoms with Gasteiger partial charge < -0.3 is 99.5 Å². The number of aliphatic hydroxyl groups is 11. The maximum Gasteiger partial charge on any atom is 0.267 e. The Labute approximate surface area is 338 Å². The molecule has 8 rings (SSSR count). The molecular formula is C39H44O21. The van der Waals surface area contributed by atoms with E-state index in [0.29, 0.717) is 5.56 Å². The van der Waals surface area contributed by atoms with Gasteiger partial charge in [0.2, 0.25) is 12.6 Å². The number of phenols is 2. The van der Waals surface area contributed by atoms with Gasteiger partial charge in [-0.3, -0.25) is 4.79 Å². The molecule has 3 aromatic rings. The fraction of sp³-hybridized carbons (Fsp3) is 0.513. The Hall–Kier alpha value is -4.27. The van der Waals surface area contributed by atoms with Gasteiger partial charge in [0.15, 0.2) is 12.1 Å². The summed E-state index contributed by atoms with van der Waals surface area (Å²) in [4.78, 5) is 14.2. The van der Waals surface area contributed by atoms with Crippen LogP contribution < -0.4 is 14.2 Å². The number of benzene rings is 3. The molecular weight excluding hydrogens is 804 g/mol. The molecule has 0 amide bonds. The molecule has 5 aliphatic rings. The third kappa shape index (κ3) is 6.58. The van der Waals surface area contributed by atoms with Gasteiger partial charge in [-0.1, -0.05) is 0 Å². The van der Waals surface area contributed by atoms with Crippen molar-refractivity contribution in [2.75, 3.05) is 19.8 Å².